The molecule has 2 aromatic carbocycles. The maximum absolute atomic E-state index is 14.2. The molecule has 0 radical (unpaired) electrons. The number of amides is 4. The van der Waals surface area contributed by atoms with Crippen LogP contribution in [0.25, 0.3) is 0 Å². The minimum Gasteiger partial charge on any atom is -0.444 e. The zero-order valence-corrected chi connectivity index (χ0v) is 32.4. The number of benzene rings is 2. The van der Waals surface area contributed by atoms with Crippen LogP contribution >= 0.6 is 11.3 Å². The van der Waals surface area contributed by atoms with Crippen LogP contribution in [0.1, 0.15) is 66.6 Å². The summed E-state index contributed by atoms with van der Waals surface area (Å²) in [5, 5.41) is 9.40. The fraction of sp³-hybridized carbons (Fsp3) is 0.475. The van der Waals surface area contributed by atoms with Crippen molar-refractivity contribution in [1.29, 1.82) is 0 Å². The number of aromatic nitrogens is 3. The van der Waals surface area contributed by atoms with E-state index in [1.54, 1.807) is 29.9 Å². The maximum atomic E-state index is 14.2. The number of urea groups is 1. The Bertz CT molecular complexity index is 1700. The number of carbonyl (C=O) groups excluding carboxylic acids is 3. The van der Waals surface area contributed by atoms with E-state index in [-0.39, 0.29) is 36.5 Å². The van der Waals surface area contributed by atoms with Crippen LogP contribution < -0.4 is 16.0 Å². The van der Waals surface area contributed by atoms with Gasteiger partial charge in [0.25, 0.3) is 0 Å². The molecule has 14 heteroatoms. The van der Waals surface area contributed by atoms with Gasteiger partial charge in [-0.3, -0.25) is 14.7 Å². The van der Waals surface area contributed by atoms with Crippen molar-refractivity contribution in [1.82, 2.24) is 40.7 Å². The van der Waals surface area contributed by atoms with Crippen molar-refractivity contribution in [3.8, 4) is 0 Å². The van der Waals surface area contributed by atoms with E-state index < -0.39 is 12.1 Å². The summed E-state index contributed by atoms with van der Waals surface area (Å²) in [6.45, 7) is 8.06. The molecular weight excluding hydrogens is 705 g/mol. The summed E-state index contributed by atoms with van der Waals surface area (Å²) >= 11 is 1.43. The molecule has 1 aliphatic heterocycles. The maximum Gasteiger partial charge on any atom is 0.407 e. The third-order valence-corrected chi connectivity index (χ3v) is 10.2. The molecule has 0 aliphatic carbocycles. The first-order valence-electron chi connectivity index (χ1n) is 18.8. The van der Waals surface area contributed by atoms with E-state index in [0.29, 0.717) is 58.4 Å². The molecule has 1 aliphatic rings. The van der Waals surface area contributed by atoms with Crippen LogP contribution in [0.4, 0.5) is 9.59 Å². The molecule has 2 aromatic heterocycles. The number of ether oxygens (including phenoxy) is 2. The van der Waals surface area contributed by atoms with Crippen LogP contribution in [0.3, 0.4) is 0 Å². The van der Waals surface area contributed by atoms with Crippen molar-refractivity contribution in [3.63, 3.8) is 0 Å². The average molecular weight is 759 g/mol. The summed E-state index contributed by atoms with van der Waals surface area (Å²) in [5.74, 6) is 0.855. The monoisotopic (exact) mass is 758 g/mol. The van der Waals surface area contributed by atoms with Gasteiger partial charge < -0.3 is 35.3 Å². The van der Waals surface area contributed by atoms with Crippen LogP contribution in [0.2, 0.25) is 0 Å². The lowest BCUT2D eigenvalue weighted by Gasteiger charge is -2.30. The van der Waals surface area contributed by atoms with Gasteiger partial charge in [0.15, 0.2) is 0 Å². The van der Waals surface area contributed by atoms with Gasteiger partial charge in [-0.1, -0.05) is 74.5 Å². The third kappa shape index (κ3) is 13.6. The molecule has 5 rings (SSSR count). The molecule has 3 unspecified atom stereocenters. The Kier molecular flexibility index (Phi) is 15.9. The summed E-state index contributed by atoms with van der Waals surface area (Å²) in [7, 11) is 1.71. The highest BCUT2D eigenvalue weighted by Crippen LogP contribution is 2.16. The van der Waals surface area contributed by atoms with Gasteiger partial charge in [-0.2, -0.15) is 0 Å². The second-order valence-corrected chi connectivity index (χ2v) is 15.1. The predicted octanol–water partition coefficient (Wildman–Crippen LogP) is 5.27. The summed E-state index contributed by atoms with van der Waals surface area (Å²) in [5.41, 5.74) is 4.68. The quantitative estimate of drug-likeness (QED) is 0.101. The lowest BCUT2D eigenvalue weighted by Crippen LogP contribution is -2.54. The van der Waals surface area contributed by atoms with Crippen LogP contribution in [-0.4, -0.2) is 101 Å². The molecule has 4 amide bonds. The Balaban J connectivity index is 1.28. The fourth-order valence-electron chi connectivity index (χ4n) is 6.35. The Morgan fingerprint density at radius 1 is 0.907 bits per heavy atom. The summed E-state index contributed by atoms with van der Waals surface area (Å²) in [6, 6.07) is 18.4. The molecule has 4 N–H and O–H groups in total. The molecule has 3 heterocycles. The van der Waals surface area contributed by atoms with Gasteiger partial charge in [-0.25, -0.2) is 14.6 Å². The van der Waals surface area contributed by atoms with E-state index in [0.717, 1.165) is 40.6 Å². The predicted molar refractivity (Wildman–Crippen MR) is 209 cm³/mol. The first-order valence-corrected chi connectivity index (χ1v) is 19.6. The summed E-state index contributed by atoms with van der Waals surface area (Å²) < 4.78 is 11.1. The number of morpholine rings is 1. The average Bonchev–Trinajstić information content (AvgIpc) is 3.89. The van der Waals surface area contributed by atoms with Crippen molar-refractivity contribution in [2.45, 2.75) is 83.1 Å². The number of alkyl carbamates (subject to hydrolysis) is 1. The molecule has 13 nitrogen and oxygen atoms in total. The second-order valence-electron chi connectivity index (χ2n) is 14.1. The third-order valence-electron chi connectivity index (χ3n) is 9.41. The number of carbonyl (C=O) groups is 3. The second kappa shape index (κ2) is 21.2. The Labute approximate surface area is 322 Å². The van der Waals surface area contributed by atoms with Crippen molar-refractivity contribution in [2.24, 2.45) is 0 Å². The number of H-pyrrole nitrogens is 1. The van der Waals surface area contributed by atoms with E-state index in [9.17, 15) is 14.4 Å². The molecule has 290 valence electrons. The van der Waals surface area contributed by atoms with E-state index in [1.165, 1.54) is 11.3 Å². The number of aromatic amines is 1. The molecule has 1 saturated heterocycles. The number of rotatable bonds is 19. The molecule has 3 atom stereocenters. The van der Waals surface area contributed by atoms with Gasteiger partial charge in [0, 0.05) is 50.9 Å². The largest absolute Gasteiger partial charge is 0.444 e. The van der Waals surface area contributed by atoms with Gasteiger partial charge in [0.1, 0.15) is 18.5 Å². The number of nitrogens with one attached hydrogen (secondary N) is 4. The van der Waals surface area contributed by atoms with Crippen LogP contribution in [0.5, 0.6) is 0 Å². The highest BCUT2D eigenvalue weighted by atomic mass is 32.1. The van der Waals surface area contributed by atoms with E-state index >= 15 is 0 Å². The van der Waals surface area contributed by atoms with E-state index in [2.05, 4.69) is 49.6 Å². The lowest BCUT2D eigenvalue weighted by atomic mass is 9.95. The normalized spacial score (nSPS) is 14.9. The Morgan fingerprint density at radius 2 is 1.56 bits per heavy atom. The van der Waals surface area contributed by atoms with Gasteiger partial charge in [-0.05, 0) is 43.2 Å². The number of imidazole rings is 1. The molecule has 4 aromatic rings. The standard InChI is InChI=1S/C40H54N8O5S/c1-29(2)37-42-24-34(43-37)26-47(3)39(50)46-36(16-17-48-18-20-52-21-19-48)38(49)44-32(22-30-10-6-4-7-11-30)14-15-33(23-31-12-8-5-9-13-31)45-40(51)53-27-35-25-41-28-54-35/h4-13,24-25,28-29,32-33,36H,14-23,26-27H2,1-3H3,(H,42,43)(H,44,49)(H,45,51)(H,46,50). The molecular formula is C40H54N8O5S. The van der Waals surface area contributed by atoms with Crippen LogP contribution in [0, 0.1) is 0 Å². The molecule has 54 heavy (non-hydrogen) atoms. The topological polar surface area (TPSA) is 154 Å². The highest BCUT2D eigenvalue weighted by molar-refractivity contribution is 7.09. The smallest absolute Gasteiger partial charge is 0.407 e. The van der Waals surface area contributed by atoms with E-state index in [4.69, 9.17) is 9.47 Å². The van der Waals surface area contributed by atoms with Crippen molar-refractivity contribution in [2.75, 3.05) is 39.9 Å². The minimum absolute atomic E-state index is 0.148. The molecule has 0 bridgehead atoms. The van der Waals surface area contributed by atoms with Gasteiger partial charge in [-0.15, -0.1) is 11.3 Å². The van der Waals surface area contributed by atoms with Gasteiger partial charge in [0.05, 0.1) is 42.0 Å². The summed E-state index contributed by atoms with van der Waals surface area (Å²) in [4.78, 5) is 57.2. The zero-order valence-electron chi connectivity index (χ0n) is 31.5. The minimum atomic E-state index is -0.769. The zero-order chi connectivity index (χ0) is 38.1. The van der Waals surface area contributed by atoms with Crippen LogP contribution in [-0.2, 0) is 40.3 Å². The Morgan fingerprint density at radius 3 is 2.15 bits per heavy atom. The lowest BCUT2D eigenvalue weighted by molar-refractivity contribution is -0.124. The van der Waals surface area contributed by atoms with Crippen molar-refractivity contribution >= 4 is 29.4 Å². The summed E-state index contributed by atoms with van der Waals surface area (Å²) in [6.07, 6.45) is 5.72. The molecule has 1 fully saturated rings. The number of hydrogen-bond donors (Lipinski definition) is 4. The first-order chi connectivity index (χ1) is 26.2. The Hall–Kier alpha value is -4.79. The number of hydrogen-bond acceptors (Lipinski definition) is 9. The van der Waals surface area contributed by atoms with E-state index in [1.807, 2.05) is 60.7 Å². The van der Waals surface area contributed by atoms with Gasteiger partial charge >= 0.3 is 12.1 Å². The fourth-order valence-corrected chi connectivity index (χ4v) is 6.86. The SMILES string of the molecule is CC(C)c1ncc(CN(C)C(=O)NC(CCN2CCOCC2)C(=O)NC(CCC(Cc2ccccc2)NC(=O)OCc2cncs2)Cc2ccccc2)[nH]1. The molecule has 0 saturated carbocycles. The van der Waals surface area contributed by atoms with Crippen LogP contribution in [0.15, 0.2) is 78.6 Å². The van der Waals surface area contributed by atoms with Crippen molar-refractivity contribution in [3.05, 3.63) is 106 Å². The number of nitrogens with zero attached hydrogens (tertiary/aromatic N) is 4. The van der Waals surface area contributed by atoms with Gasteiger partial charge in [0.2, 0.25) is 5.91 Å². The van der Waals surface area contributed by atoms with Crippen molar-refractivity contribution < 1.29 is 23.9 Å². The number of thiazole rings is 1. The first kappa shape index (κ1) is 40.4. The highest BCUT2D eigenvalue weighted by Gasteiger charge is 2.27. The molecule has 0 spiro atoms.